The number of hydrogen-bond donors (Lipinski definition) is 2. The molecule has 2 heterocycles. The number of nitrogens with one attached hydrogen (secondary N) is 1. The highest BCUT2D eigenvalue weighted by atomic mass is 16.7. The van der Waals surface area contributed by atoms with E-state index in [-0.39, 0.29) is 19.1 Å². The number of nitrogens with zero attached hydrogens (tertiary/aromatic N) is 2. The molecule has 2 aliphatic rings. The lowest BCUT2D eigenvalue weighted by atomic mass is 10.0. The first kappa shape index (κ1) is 21.1. The summed E-state index contributed by atoms with van der Waals surface area (Å²) in [7, 11) is 0. The van der Waals surface area contributed by atoms with E-state index in [2.05, 4.69) is 15.1 Å². The summed E-state index contributed by atoms with van der Waals surface area (Å²) < 4.78 is 10.8. The second kappa shape index (κ2) is 9.80. The normalized spacial score (nSPS) is 17.3. The van der Waals surface area contributed by atoms with Gasteiger partial charge in [-0.05, 0) is 29.8 Å². The van der Waals surface area contributed by atoms with Crippen molar-refractivity contribution in [1.82, 2.24) is 9.80 Å². The van der Waals surface area contributed by atoms with Crippen molar-refractivity contribution in [3.63, 3.8) is 0 Å². The smallest absolute Gasteiger partial charge is 0.308 e. The van der Waals surface area contributed by atoms with E-state index in [4.69, 9.17) is 9.47 Å². The Morgan fingerprint density at radius 2 is 1.68 bits per heavy atom. The second-order valence-electron chi connectivity index (χ2n) is 7.92. The predicted octanol–water partition coefficient (Wildman–Crippen LogP) is 2.26. The van der Waals surface area contributed by atoms with E-state index in [1.54, 1.807) is 12.1 Å². The summed E-state index contributed by atoms with van der Waals surface area (Å²) in [5.74, 6) is -0.381. The van der Waals surface area contributed by atoms with Crippen LogP contribution in [-0.4, -0.2) is 66.3 Å². The van der Waals surface area contributed by atoms with Crippen LogP contribution in [0.1, 0.15) is 12.0 Å². The van der Waals surface area contributed by atoms with E-state index in [9.17, 15) is 14.7 Å². The minimum atomic E-state index is -0.939. The van der Waals surface area contributed by atoms with Crippen LogP contribution in [0.4, 0.5) is 5.69 Å². The second-order valence-corrected chi connectivity index (χ2v) is 7.92. The molecule has 1 fully saturated rings. The van der Waals surface area contributed by atoms with Crippen molar-refractivity contribution in [2.24, 2.45) is 5.92 Å². The van der Waals surface area contributed by atoms with Gasteiger partial charge in [0, 0.05) is 51.4 Å². The number of fused-ring (bicyclic) bond motifs is 1. The van der Waals surface area contributed by atoms with Crippen LogP contribution in [-0.2, 0) is 16.1 Å². The minimum Gasteiger partial charge on any atom is -0.481 e. The van der Waals surface area contributed by atoms with Crippen molar-refractivity contribution in [3.05, 3.63) is 54.1 Å². The fourth-order valence-corrected chi connectivity index (χ4v) is 3.93. The van der Waals surface area contributed by atoms with E-state index in [1.807, 2.05) is 36.4 Å². The van der Waals surface area contributed by atoms with Gasteiger partial charge < -0.3 is 19.9 Å². The molecule has 1 saturated heterocycles. The van der Waals surface area contributed by atoms with Crippen LogP contribution in [0.2, 0.25) is 0 Å². The average molecular weight is 425 g/mol. The lowest BCUT2D eigenvalue weighted by Crippen LogP contribution is -2.48. The fourth-order valence-electron chi connectivity index (χ4n) is 3.93. The molecule has 2 aromatic rings. The number of para-hydroxylation sites is 1. The zero-order valence-electron chi connectivity index (χ0n) is 17.3. The van der Waals surface area contributed by atoms with Crippen LogP contribution in [0.25, 0.3) is 0 Å². The van der Waals surface area contributed by atoms with Crippen molar-refractivity contribution < 1.29 is 24.2 Å². The third kappa shape index (κ3) is 5.74. The molecule has 8 nitrogen and oxygen atoms in total. The summed E-state index contributed by atoms with van der Waals surface area (Å²) in [5, 5.41) is 12.4. The molecule has 0 bridgehead atoms. The monoisotopic (exact) mass is 425 g/mol. The molecule has 31 heavy (non-hydrogen) atoms. The number of rotatable bonds is 8. The number of hydrogen-bond acceptors (Lipinski definition) is 6. The highest BCUT2D eigenvalue weighted by molar-refractivity contribution is 5.93. The summed E-state index contributed by atoms with van der Waals surface area (Å²) in [6.45, 7) is 4.69. The third-order valence-corrected chi connectivity index (χ3v) is 5.63. The quantitative estimate of drug-likeness (QED) is 0.670. The summed E-state index contributed by atoms with van der Waals surface area (Å²) in [6, 6.07) is 15.1. The number of benzene rings is 2. The number of carbonyl (C=O) groups is 2. The Hall–Kier alpha value is -3.10. The topological polar surface area (TPSA) is 91.3 Å². The first-order valence-corrected chi connectivity index (χ1v) is 10.5. The molecular weight excluding hydrogens is 398 g/mol. The van der Waals surface area contributed by atoms with Gasteiger partial charge in [0.15, 0.2) is 11.5 Å². The van der Waals surface area contributed by atoms with Crippen LogP contribution >= 0.6 is 0 Å². The molecule has 1 amide bonds. The molecule has 2 N–H and O–H groups in total. The van der Waals surface area contributed by atoms with Crippen LogP contribution in [0.3, 0.4) is 0 Å². The van der Waals surface area contributed by atoms with Gasteiger partial charge >= 0.3 is 5.97 Å². The summed E-state index contributed by atoms with van der Waals surface area (Å²) in [6.07, 6.45) is -0.0400. The van der Waals surface area contributed by atoms with Crippen LogP contribution in [0.5, 0.6) is 11.5 Å². The van der Waals surface area contributed by atoms with E-state index in [0.717, 1.165) is 44.2 Å². The Morgan fingerprint density at radius 3 is 2.42 bits per heavy atom. The minimum absolute atomic E-state index is 0.0400. The molecule has 2 aromatic carbocycles. The fraction of sp³-hybridized carbons (Fsp3) is 0.391. The molecule has 1 atom stereocenters. The van der Waals surface area contributed by atoms with Gasteiger partial charge in [0.05, 0.1) is 5.92 Å². The predicted molar refractivity (Wildman–Crippen MR) is 115 cm³/mol. The van der Waals surface area contributed by atoms with Crippen molar-refractivity contribution in [2.45, 2.75) is 13.0 Å². The molecule has 0 radical (unpaired) electrons. The molecule has 2 aliphatic heterocycles. The molecule has 0 unspecified atom stereocenters. The number of carboxylic acid groups (broad SMARTS) is 1. The van der Waals surface area contributed by atoms with Gasteiger partial charge in [-0.3, -0.25) is 19.4 Å². The van der Waals surface area contributed by atoms with E-state index >= 15 is 0 Å². The van der Waals surface area contributed by atoms with Gasteiger partial charge in [-0.25, -0.2) is 0 Å². The molecule has 0 spiro atoms. The number of piperazine rings is 1. The van der Waals surface area contributed by atoms with Gasteiger partial charge in [0.1, 0.15) is 0 Å². The average Bonchev–Trinajstić information content (AvgIpc) is 3.23. The third-order valence-electron chi connectivity index (χ3n) is 5.63. The highest BCUT2D eigenvalue weighted by Gasteiger charge is 2.26. The largest absolute Gasteiger partial charge is 0.481 e. The lowest BCUT2D eigenvalue weighted by Gasteiger charge is -2.35. The first-order valence-electron chi connectivity index (χ1n) is 10.5. The van der Waals surface area contributed by atoms with Gasteiger partial charge in [-0.15, -0.1) is 0 Å². The lowest BCUT2D eigenvalue weighted by molar-refractivity contribution is -0.144. The van der Waals surface area contributed by atoms with Crippen LogP contribution in [0.15, 0.2) is 48.5 Å². The Labute approximate surface area is 181 Å². The Kier molecular flexibility index (Phi) is 6.69. The van der Waals surface area contributed by atoms with Crippen LogP contribution in [0, 0.1) is 5.92 Å². The van der Waals surface area contributed by atoms with Crippen LogP contribution < -0.4 is 14.8 Å². The Bertz CT molecular complexity index is 913. The van der Waals surface area contributed by atoms with Gasteiger partial charge in [-0.2, -0.15) is 0 Å². The summed E-state index contributed by atoms with van der Waals surface area (Å²) in [4.78, 5) is 28.5. The number of amides is 1. The van der Waals surface area contributed by atoms with Gasteiger partial charge in [-0.1, -0.05) is 24.3 Å². The summed E-state index contributed by atoms with van der Waals surface area (Å²) in [5.41, 5.74) is 1.84. The maximum atomic E-state index is 12.3. The first-order chi connectivity index (χ1) is 15.1. The molecule has 164 valence electrons. The van der Waals surface area contributed by atoms with Crippen molar-refractivity contribution in [3.8, 4) is 11.5 Å². The zero-order valence-corrected chi connectivity index (χ0v) is 17.3. The maximum Gasteiger partial charge on any atom is 0.308 e. The van der Waals surface area contributed by atoms with Crippen molar-refractivity contribution in [1.29, 1.82) is 0 Å². The molecule has 8 heteroatoms. The van der Waals surface area contributed by atoms with Gasteiger partial charge in [0.2, 0.25) is 12.7 Å². The zero-order chi connectivity index (χ0) is 21.6. The van der Waals surface area contributed by atoms with Crippen molar-refractivity contribution in [2.75, 3.05) is 44.8 Å². The molecule has 0 aromatic heterocycles. The molecule has 0 aliphatic carbocycles. The molecular formula is C23H27N3O5. The van der Waals surface area contributed by atoms with E-state index < -0.39 is 11.9 Å². The highest BCUT2D eigenvalue weighted by Crippen LogP contribution is 2.32. The SMILES string of the molecule is O=C(C[C@H](CN1CCN(Cc2ccc3c(c2)OCO3)CC1)C(=O)O)Nc1ccccc1. The Morgan fingerprint density at radius 1 is 0.968 bits per heavy atom. The standard InChI is InChI=1S/C23H27N3O5/c27-22(24-19-4-2-1-3-5-19)13-18(23(28)29)15-26-10-8-25(9-11-26)14-17-6-7-20-21(12-17)31-16-30-20/h1-7,12,18H,8-11,13-16H2,(H,24,27)(H,28,29)/t18-/m1/s1. The number of anilines is 1. The Balaban J connectivity index is 1.24. The molecule has 4 rings (SSSR count). The summed E-state index contributed by atoms with van der Waals surface area (Å²) >= 11 is 0. The van der Waals surface area contributed by atoms with Gasteiger partial charge in [0.25, 0.3) is 0 Å². The number of carbonyl (C=O) groups excluding carboxylic acids is 1. The maximum absolute atomic E-state index is 12.3. The number of aliphatic carboxylic acids is 1. The number of carboxylic acids is 1. The number of ether oxygens (including phenoxy) is 2. The van der Waals surface area contributed by atoms with Crippen molar-refractivity contribution >= 4 is 17.6 Å². The molecule has 0 saturated carbocycles. The van der Waals surface area contributed by atoms with E-state index in [0.29, 0.717) is 12.2 Å². The van der Waals surface area contributed by atoms with E-state index in [1.165, 1.54) is 5.56 Å².